The number of piperidine rings is 1. The molecule has 0 unspecified atom stereocenters. The van der Waals surface area contributed by atoms with E-state index in [9.17, 15) is 0 Å². The monoisotopic (exact) mass is 324 g/mol. The average Bonchev–Trinajstić information content (AvgIpc) is 3.09. The molecule has 0 amide bonds. The Morgan fingerprint density at radius 2 is 2.17 bits per heavy atom. The fourth-order valence-electron chi connectivity index (χ4n) is 3.08. The topological polar surface area (TPSA) is 54.1 Å². The predicted molar refractivity (Wildman–Crippen MR) is 92.9 cm³/mol. The smallest absolute Gasteiger partial charge is 0.121 e. The summed E-state index contributed by atoms with van der Waals surface area (Å²) in [6.45, 7) is 6.23. The van der Waals surface area contributed by atoms with E-state index in [4.69, 9.17) is 10.00 Å². The van der Waals surface area contributed by atoms with Gasteiger partial charge in [0.1, 0.15) is 11.9 Å². The quantitative estimate of drug-likeness (QED) is 0.820. The van der Waals surface area contributed by atoms with Gasteiger partial charge in [-0.1, -0.05) is 6.07 Å². The molecule has 0 N–H and O–H groups in total. The summed E-state index contributed by atoms with van der Waals surface area (Å²) in [6, 6.07) is 9.58. The maximum Gasteiger partial charge on any atom is 0.121 e. The third-order valence-corrected chi connectivity index (χ3v) is 4.53. The molecule has 5 heteroatoms. The molecule has 1 saturated heterocycles. The van der Waals surface area contributed by atoms with Gasteiger partial charge in [0.2, 0.25) is 0 Å². The van der Waals surface area contributed by atoms with E-state index in [0.717, 1.165) is 51.2 Å². The van der Waals surface area contributed by atoms with Crippen LogP contribution in [0.15, 0.2) is 36.7 Å². The third-order valence-electron chi connectivity index (χ3n) is 4.53. The summed E-state index contributed by atoms with van der Waals surface area (Å²) in [5.74, 6) is 0.805. The van der Waals surface area contributed by atoms with Gasteiger partial charge in [-0.05, 0) is 49.9 Å². The molecule has 2 aromatic rings. The fraction of sp³-hybridized carbons (Fsp3) is 0.474. The van der Waals surface area contributed by atoms with Crippen molar-refractivity contribution in [1.29, 1.82) is 5.26 Å². The van der Waals surface area contributed by atoms with Crippen LogP contribution in [0.2, 0.25) is 0 Å². The van der Waals surface area contributed by atoms with Gasteiger partial charge in [-0.3, -0.25) is 4.68 Å². The average molecular weight is 324 g/mol. The second-order valence-corrected chi connectivity index (χ2v) is 6.25. The Kier molecular flexibility index (Phi) is 5.50. The van der Waals surface area contributed by atoms with Gasteiger partial charge < -0.3 is 9.64 Å². The molecular weight excluding hydrogens is 300 g/mol. The molecule has 0 atom stereocenters. The van der Waals surface area contributed by atoms with Crippen LogP contribution in [0.5, 0.6) is 5.75 Å². The van der Waals surface area contributed by atoms with E-state index in [-0.39, 0.29) is 6.10 Å². The zero-order chi connectivity index (χ0) is 16.8. The zero-order valence-electron chi connectivity index (χ0n) is 14.2. The minimum atomic E-state index is 0.248. The van der Waals surface area contributed by atoms with Crippen molar-refractivity contribution < 1.29 is 4.74 Å². The van der Waals surface area contributed by atoms with E-state index in [0.29, 0.717) is 5.56 Å². The summed E-state index contributed by atoms with van der Waals surface area (Å²) in [7, 11) is 0. The summed E-state index contributed by atoms with van der Waals surface area (Å²) < 4.78 is 8.01. The van der Waals surface area contributed by atoms with Gasteiger partial charge in [0.25, 0.3) is 0 Å². The molecule has 1 fully saturated rings. The van der Waals surface area contributed by atoms with Crippen molar-refractivity contribution in [2.75, 3.05) is 19.6 Å². The number of hydrogen-bond donors (Lipinski definition) is 0. The van der Waals surface area contributed by atoms with Crippen LogP contribution < -0.4 is 4.74 Å². The summed E-state index contributed by atoms with van der Waals surface area (Å²) in [5, 5.41) is 13.3. The first kappa shape index (κ1) is 16.5. The van der Waals surface area contributed by atoms with Crippen molar-refractivity contribution in [1.82, 2.24) is 14.7 Å². The number of hydrogen-bond acceptors (Lipinski definition) is 4. The van der Waals surface area contributed by atoms with Crippen LogP contribution in [0.1, 0.15) is 30.9 Å². The highest BCUT2D eigenvalue weighted by molar-refractivity contribution is 5.36. The molecule has 1 aromatic carbocycles. The number of aryl methyl sites for hydroxylation is 1. The highest BCUT2D eigenvalue weighted by Gasteiger charge is 2.20. The number of benzene rings is 1. The molecule has 5 nitrogen and oxygen atoms in total. The molecule has 1 aliphatic rings. The lowest BCUT2D eigenvalue weighted by Gasteiger charge is -2.32. The molecular formula is C19H24N4O. The van der Waals surface area contributed by atoms with Crippen LogP contribution in [0.3, 0.4) is 0 Å². The molecule has 24 heavy (non-hydrogen) atoms. The minimum Gasteiger partial charge on any atom is -0.490 e. The third kappa shape index (κ3) is 4.36. The molecule has 1 aliphatic heterocycles. The first-order valence-electron chi connectivity index (χ1n) is 8.67. The molecule has 126 valence electrons. The van der Waals surface area contributed by atoms with Crippen LogP contribution in [0.25, 0.3) is 0 Å². The lowest BCUT2D eigenvalue weighted by molar-refractivity contribution is 0.101. The molecule has 1 aromatic heterocycles. The van der Waals surface area contributed by atoms with Crippen molar-refractivity contribution >= 4 is 0 Å². The molecule has 3 rings (SSSR count). The SMILES string of the molecule is CCn1cc(CCN2CCC(Oc3cccc(C#N)c3)CC2)cn1. The highest BCUT2D eigenvalue weighted by Crippen LogP contribution is 2.20. The van der Waals surface area contributed by atoms with Gasteiger partial charge in [0.05, 0.1) is 17.8 Å². The second kappa shape index (κ2) is 7.98. The van der Waals surface area contributed by atoms with E-state index >= 15 is 0 Å². The van der Waals surface area contributed by atoms with Gasteiger partial charge in [-0.15, -0.1) is 0 Å². The Hall–Kier alpha value is -2.32. The Bertz CT molecular complexity index is 695. The van der Waals surface area contributed by atoms with E-state index in [1.54, 1.807) is 6.07 Å². The molecule has 0 bridgehead atoms. The van der Waals surface area contributed by atoms with Gasteiger partial charge in [-0.25, -0.2) is 0 Å². The standard InChI is InChI=1S/C19H24N4O/c1-2-23-15-17(14-21-23)6-9-22-10-7-18(8-11-22)24-19-5-3-4-16(12-19)13-20/h3-5,12,14-15,18H,2,6-11H2,1H3. The molecule has 0 radical (unpaired) electrons. The number of likely N-dealkylation sites (tertiary alicyclic amines) is 1. The summed E-state index contributed by atoms with van der Waals surface area (Å²) in [6.07, 6.45) is 7.48. The number of aromatic nitrogens is 2. The number of rotatable bonds is 6. The van der Waals surface area contributed by atoms with Gasteiger partial charge in [0, 0.05) is 32.4 Å². The molecule has 2 heterocycles. The fourth-order valence-corrected chi connectivity index (χ4v) is 3.08. The molecule has 0 aliphatic carbocycles. The van der Waals surface area contributed by atoms with Crippen molar-refractivity contribution in [2.24, 2.45) is 0 Å². The van der Waals surface area contributed by atoms with Crippen molar-refractivity contribution in [3.8, 4) is 11.8 Å². The van der Waals surface area contributed by atoms with Crippen LogP contribution in [-0.4, -0.2) is 40.4 Å². The van der Waals surface area contributed by atoms with E-state index in [1.165, 1.54) is 5.56 Å². The summed E-state index contributed by atoms with van der Waals surface area (Å²) in [4.78, 5) is 2.49. The van der Waals surface area contributed by atoms with Gasteiger partial charge in [0.15, 0.2) is 0 Å². The van der Waals surface area contributed by atoms with E-state index < -0.39 is 0 Å². The van der Waals surface area contributed by atoms with Crippen molar-refractivity contribution in [2.45, 2.75) is 38.8 Å². The normalized spacial score (nSPS) is 16.0. The molecule has 0 spiro atoms. The predicted octanol–water partition coefficient (Wildman–Crippen LogP) is 2.86. The first-order valence-corrected chi connectivity index (χ1v) is 8.67. The second-order valence-electron chi connectivity index (χ2n) is 6.25. The van der Waals surface area contributed by atoms with E-state index in [1.807, 2.05) is 29.1 Å². The number of ether oxygens (including phenoxy) is 1. The van der Waals surface area contributed by atoms with Gasteiger partial charge in [-0.2, -0.15) is 10.4 Å². The Labute approximate surface area is 143 Å². The number of nitriles is 1. The first-order chi connectivity index (χ1) is 11.8. The lowest BCUT2D eigenvalue weighted by atomic mass is 10.1. The highest BCUT2D eigenvalue weighted by atomic mass is 16.5. The lowest BCUT2D eigenvalue weighted by Crippen LogP contribution is -2.39. The van der Waals surface area contributed by atoms with Crippen molar-refractivity contribution in [3.05, 3.63) is 47.8 Å². The minimum absolute atomic E-state index is 0.248. The Morgan fingerprint density at radius 1 is 1.33 bits per heavy atom. The maximum absolute atomic E-state index is 8.95. The van der Waals surface area contributed by atoms with Crippen molar-refractivity contribution in [3.63, 3.8) is 0 Å². The van der Waals surface area contributed by atoms with Gasteiger partial charge >= 0.3 is 0 Å². The maximum atomic E-state index is 8.95. The largest absolute Gasteiger partial charge is 0.490 e. The Balaban J connectivity index is 1.43. The summed E-state index contributed by atoms with van der Waals surface area (Å²) in [5.41, 5.74) is 1.96. The van der Waals surface area contributed by atoms with Crippen LogP contribution in [0.4, 0.5) is 0 Å². The van der Waals surface area contributed by atoms with Crippen LogP contribution >= 0.6 is 0 Å². The van der Waals surface area contributed by atoms with Crippen LogP contribution in [0, 0.1) is 11.3 Å². The molecule has 0 saturated carbocycles. The van der Waals surface area contributed by atoms with Crippen LogP contribution in [-0.2, 0) is 13.0 Å². The zero-order valence-corrected chi connectivity index (χ0v) is 14.2. The number of nitrogens with zero attached hydrogens (tertiary/aromatic N) is 4. The summed E-state index contributed by atoms with van der Waals surface area (Å²) >= 11 is 0. The van der Waals surface area contributed by atoms with E-state index in [2.05, 4.69) is 29.2 Å². The Morgan fingerprint density at radius 3 is 2.88 bits per heavy atom.